The van der Waals surface area contributed by atoms with Crippen LogP contribution >= 0.6 is 35.6 Å². The third kappa shape index (κ3) is 8.37. The Morgan fingerprint density at radius 1 is 0.750 bits per heavy atom. The van der Waals surface area contributed by atoms with Gasteiger partial charge in [-0.1, -0.05) is 0 Å². The summed E-state index contributed by atoms with van der Waals surface area (Å²) in [5.74, 6) is -2.59. The minimum absolute atomic E-state index is 0. The summed E-state index contributed by atoms with van der Waals surface area (Å²) in [5, 5.41) is 0.489. The molecule has 2 aromatic rings. The predicted octanol–water partition coefficient (Wildman–Crippen LogP) is 3.02. The van der Waals surface area contributed by atoms with E-state index in [0.29, 0.717) is 0 Å². The fourth-order valence-electron chi connectivity index (χ4n) is 4.32. The molecule has 0 aliphatic heterocycles. The summed E-state index contributed by atoms with van der Waals surface area (Å²) in [6.07, 6.45) is -6.07. The van der Waals surface area contributed by atoms with Crippen LogP contribution in [0.5, 0.6) is 0 Å². The number of hydrogen-bond donors (Lipinski definition) is 2. The van der Waals surface area contributed by atoms with Gasteiger partial charge in [-0.05, 0) is 24.3 Å². The SMILES string of the molecule is CC(=O)NC1C=C(n2c(=O)cc(C(F)(F)F)n(C)c2=O)C(F)=CC1Cl.Cl.Cn1c(C(F)(F)F)cc(=O)n(C2=CC(N)C(Cl)C=C2F)c1=O. The van der Waals surface area contributed by atoms with E-state index in [1.54, 1.807) is 0 Å². The summed E-state index contributed by atoms with van der Waals surface area (Å²) in [7, 11) is 1.64. The molecule has 0 fully saturated rings. The van der Waals surface area contributed by atoms with E-state index in [1.165, 1.54) is 6.92 Å². The van der Waals surface area contributed by atoms with Crippen LogP contribution in [0.1, 0.15) is 18.3 Å². The molecule has 2 heterocycles. The van der Waals surface area contributed by atoms with Crippen LogP contribution in [0.15, 0.2) is 67.3 Å². The third-order valence-electron chi connectivity index (χ3n) is 6.57. The van der Waals surface area contributed by atoms with Gasteiger partial charge in [0.25, 0.3) is 11.1 Å². The third-order valence-corrected chi connectivity index (χ3v) is 7.39. The van der Waals surface area contributed by atoms with Gasteiger partial charge in [0.05, 0.1) is 28.2 Å². The number of nitrogens with two attached hydrogens (primary N) is 1. The molecular formula is C26H23Cl3F8N6O5. The Balaban J connectivity index is 0.000000329. The lowest BCUT2D eigenvalue weighted by Crippen LogP contribution is -2.44. The highest BCUT2D eigenvalue weighted by molar-refractivity contribution is 6.23. The maximum absolute atomic E-state index is 14.2. The minimum Gasteiger partial charge on any atom is -0.348 e. The van der Waals surface area contributed by atoms with Gasteiger partial charge in [0.15, 0.2) is 0 Å². The van der Waals surface area contributed by atoms with Crippen molar-refractivity contribution in [1.82, 2.24) is 23.6 Å². The van der Waals surface area contributed by atoms with Crippen molar-refractivity contribution in [3.8, 4) is 0 Å². The quantitative estimate of drug-likeness (QED) is 0.365. The highest BCUT2D eigenvalue weighted by Crippen LogP contribution is 2.30. The molecule has 11 nitrogen and oxygen atoms in total. The van der Waals surface area contributed by atoms with E-state index >= 15 is 0 Å². The Labute approximate surface area is 279 Å². The van der Waals surface area contributed by atoms with Gasteiger partial charge in [-0.3, -0.25) is 23.5 Å². The van der Waals surface area contributed by atoms with Gasteiger partial charge in [0.1, 0.15) is 23.0 Å². The number of allylic oxidation sites excluding steroid dienone is 4. The number of alkyl halides is 8. The first-order chi connectivity index (χ1) is 21.5. The zero-order chi connectivity index (χ0) is 35.9. The van der Waals surface area contributed by atoms with Gasteiger partial charge in [-0.25, -0.2) is 27.5 Å². The molecule has 22 heteroatoms. The van der Waals surface area contributed by atoms with Gasteiger partial charge in [0, 0.05) is 39.2 Å². The number of nitrogens with one attached hydrogen (secondary N) is 1. The van der Waals surface area contributed by atoms with E-state index in [9.17, 15) is 59.1 Å². The Bertz CT molecular complexity index is 1970. The monoisotopic (exact) mass is 756 g/mol. The van der Waals surface area contributed by atoms with Crippen LogP contribution in [-0.4, -0.2) is 47.0 Å². The standard InChI is InChI=1S/C14H12ClF4N3O3.C12H10ClF4N3O2.ClH/c1-6(23)20-9-4-10(8(16)3-7(9)15)22-12(24)5-11(14(17,18)19)21(2)13(22)25;1-19-9(12(15,16)17)4-10(21)20(11(19)22)8-3-7(18)5(13)2-6(8)14;/h3-5,7,9H,1-2H3,(H,20,23);2-5,7H,18H2,1H3;1H. The van der Waals surface area contributed by atoms with Crippen molar-refractivity contribution in [3.63, 3.8) is 0 Å². The predicted molar refractivity (Wildman–Crippen MR) is 161 cm³/mol. The molecule has 4 unspecified atom stereocenters. The zero-order valence-corrected chi connectivity index (χ0v) is 26.7. The summed E-state index contributed by atoms with van der Waals surface area (Å²) >= 11 is 11.6. The molecule has 48 heavy (non-hydrogen) atoms. The average Bonchev–Trinajstić information content (AvgIpc) is 2.92. The second kappa shape index (κ2) is 14.7. The number of carbonyl (C=O) groups is 1. The van der Waals surface area contributed by atoms with Crippen LogP contribution in [0.4, 0.5) is 35.1 Å². The lowest BCUT2D eigenvalue weighted by atomic mass is 10.0. The summed E-state index contributed by atoms with van der Waals surface area (Å²) in [4.78, 5) is 59.2. The topological polar surface area (TPSA) is 143 Å². The van der Waals surface area contributed by atoms with Gasteiger partial charge in [-0.2, -0.15) is 26.3 Å². The number of aromatic nitrogens is 4. The van der Waals surface area contributed by atoms with E-state index in [4.69, 9.17) is 28.9 Å². The number of nitrogens with zero attached hydrogens (tertiary/aromatic N) is 4. The molecule has 3 N–H and O–H groups in total. The van der Waals surface area contributed by atoms with Crippen molar-refractivity contribution < 1.29 is 39.9 Å². The molecule has 0 spiro atoms. The van der Waals surface area contributed by atoms with Crippen LogP contribution in [0.25, 0.3) is 11.4 Å². The molecule has 0 aromatic carbocycles. The fourth-order valence-corrected chi connectivity index (χ4v) is 4.75. The number of amides is 1. The summed E-state index contributed by atoms with van der Waals surface area (Å²) < 4.78 is 106. The first-order valence-electron chi connectivity index (χ1n) is 12.8. The van der Waals surface area contributed by atoms with Crippen molar-refractivity contribution in [2.75, 3.05) is 0 Å². The van der Waals surface area contributed by atoms with Gasteiger partial charge in [0.2, 0.25) is 5.91 Å². The number of halogens is 11. The molecule has 0 radical (unpaired) electrons. The normalized spacial score (nSPS) is 21.0. The lowest BCUT2D eigenvalue weighted by Gasteiger charge is -2.24. The largest absolute Gasteiger partial charge is 0.431 e. The van der Waals surface area contributed by atoms with Gasteiger partial charge >= 0.3 is 23.7 Å². The van der Waals surface area contributed by atoms with E-state index in [2.05, 4.69) is 5.32 Å². The molecule has 2 aliphatic carbocycles. The van der Waals surface area contributed by atoms with Crippen LogP contribution in [0.3, 0.4) is 0 Å². The maximum Gasteiger partial charge on any atom is 0.431 e. The highest BCUT2D eigenvalue weighted by atomic mass is 35.5. The first-order valence-corrected chi connectivity index (χ1v) is 13.7. The molecule has 0 saturated carbocycles. The smallest absolute Gasteiger partial charge is 0.348 e. The van der Waals surface area contributed by atoms with Crippen LogP contribution in [0.2, 0.25) is 0 Å². The second-order valence-electron chi connectivity index (χ2n) is 9.91. The Hall–Kier alpha value is -3.94. The molecule has 1 amide bonds. The zero-order valence-electron chi connectivity index (χ0n) is 24.4. The van der Waals surface area contributed by atoms with Crippen molar-refractivity contribution in [3.05, 3.63) is 101 Å². The summed E-state index contributed by atoms with van der Waals surface area (Å²) in [6, 6.07) is -1.44. The molecular weight excluding hydrogens is 735 g/mol. The Morgan fingerprint density at radius 3 is 1.50 bits per heavy atom. The van der Waals surface area contributed by atoms with E-state index in [1.807, 2.05) is 0 Å². The number of carbonyl (C=O) groups excluding carboxylic acids is 1. The van der Waals surface area contributed by atoms with Crippen molar-refractivity contribution in [2.45, 2.75) is 42.1 Å². The first kappa shape index (κ1) is 40.2. The molecule has 4 atom stereocenters. The lowest BCUT2D eigenvalue weighted by molar-refractivity contribution is -0.144. The molecule has 2 aromatic heterocycles. The molecule has 2 aliphatic rings. The van der Waals surface area contributed by atoms with Crippen molar-refractivity contribution >= 4 is 52.9 Å². The summed E-state index contributed by atoms with van der Waals surface area (Å²) in [5.41, 5.74) is -3.83. The Morgan fingerprint density at radius 2 is 1.12 bits per heavy atom. The Kier molecular flexibility index (Phi) is 12.3. The van der Waals surface area contributed by atoms with Crippen LogP contribution in [0, 0.1) is 0 Å². The average molecular weight is 758 g/mol. The molecule has 264 valence electrons. The number of hydrogen-bond acceptors (Lipinski definition) is 6. The summed E-state index contributed by atoms with van der Waals surface area (Å²) in [6.45, 7) is 1.18. The van der Waals surface area contributed by atoms with E-state index in [-0.39, 0.29) is 42.8 Å². The highest BCUT2D eigenvalue weighted by Gasteiger charge is 2.37. The molecule has 0 bridgehead atoms. The molecule has 4 rings (SSSR count). The van der Waals surface area contributed by atoms with Crippen molar-refractivity contribution in [2.24, 2.45) is 19.8 Å². The van der Waals surface area contributed by atoms with Crippen LogP contribution in [-0.2, 0) is 31.2 Å². The fraction of sp³-hybridized carbons (Fsp3) is 0.346. The maximum atomic E-state index is 14.2. The van der Waals surface area contributed by atoms with Gasteiger partial charge in [-0.15, -0.1) is 35.6 Å². The second-order valence-corrected chi connectivity index (χ2v) is 10.9. The van der Waals surface area contributed by atoms with E-state index < -0.39 is 98.0 Å². The van der Waals surface area contributed by atoms with Gasteiger partial charge < -0.3 is 11.1 Å². The van der Waals surface area contributed by atoms with E-state index in [0.717, 1.165) is 38.4 Å². The molecule has 0 saturated heterocycles. The van der Waals surface area contributed by atoms with Crippen LogP contribution < -0.4 is 33.5 Å². The number of rotatable bonds is 3. The van der Waals surface area contributed by atoms with Crippen molar-refractivity contribution in [1.29, 1.82) is 0 Å². The minimum atomic E-state index is -4.93.